The Labute approximate surface area is 129 Å². The first kappa shape index (κ1) is 13.2. The molecule has 0 aliphatic rings. The Morgan fingerprint density at radius 2 is 2.10 bits per heavy atom. The average molecular weight is 347 g/mol. The largest absolute Gasteiger partial charge is 0.315 e. The smallest absolute Gasteiger partial charge is 0.188 e. The number of halogens is 1. The lowest BCUT2D eigenvalue weighted by atomic mass is 10.3. The molecule has 0 fully saturated rings. The van der Waals surface area contributed by atoms with Crippen molar-refractivity contribution in [3.63, 3.8) is 0 Å². The third-order valence-electron chi connectivity index (χ3n) is 2.63. The molecule has 20 heavy (non-hydrogen) atoms. The third kappa shape index (κ3) is 2.86. The van der Waals surface area contributed by atoms with E-state index in [1.807, 2.05) is 42.8 Å². The maximum absolute atomic E-state index is 4.52. The molecule has 0 bridgehead atoms. The molecule has 6 heteroatoms. The van der Waals surface area contributed by atoms with E-state index in [9.17, 15) is 0 Å². The Balaban J connectivity index is 1.84. The van der Waals surface area contributed by atoms with Crippen LogP contribution >= 0.6 is 27.3 Å². The molecular weight excluding hydrogens is 336 g/mol. The minimum atomic E-state index is 0.762. The highest BCUT2D eigenvalue weighted by Crippen LogP contribution is 2.28. The first-order valence-electron chi connectivity index (χ1n) is 5.98. The molecule has 0 amide bonds. The topological polar surface area (TPSA) is 50.7 Å². The second-order valence-corrected chi connectivity index (χ2v) is 5.93. The van der Waals surface area contributed by atoms with Crippen LogP contribution in [0.5, 0.6) is 0 Å². The van der Waals surface area contributed by atoms with Crippen LogP contribution in [0.15, 0.2) is 46.5 Å². The molecule has 0 saturated heterocycles. The van der Waals surface area contributed by atoms with Crippen molar-refractivity contribution < 1.29 is 0 Å². The van der Waals surface area contributed by atoms with Gasteiger partial charge in [0.2, 0.25) is 0 Å². The van der Waals surface area contributed by atoms with E-state index < -0.39 is 0 Å². The summed E-state index contributed by atoms with van der Waals surface area (Å²) < 4.78 is 0.923. The van der Waals surface area contributed by atoms with Crippen LogP contribution in [0.25, 0.3) is 11.4 Å². The van der Waals surface area contributed by atoms with E-state index in [0.717, 1.165) is 32.4 Å². The Kier molecular flexibility index (Phi) is 3.75. The number of anilines is 2. The summed E-state index contributed by atoms with van der Waals surface area (Å²) in [5.74, 6) is 0.762. The molecule has 0 aromatic carbocycles. The van der Waals surface area contributed by atoms with Crippen molar-refractivity contribution in [2.24, 2.45) is 0 Å². The summed E-state index contributed by atoms with van der Waals surface area (Å²) in [6, 6.07) is 7.80. The SMILES string of the molecule is Cc1cnc(Nc2nc(-c3ccccn3)cs2)c(Br)c1. The summed E-state index contributed by atoms with van der Waals surface area (Å²) in [5.41, 5.74) is 2.84. The molecule has 100 valence electrons. The van der Waals surface area contributed by atoms with E-state index in [0.29, 0.717) is 0 Å². The highest BCUT2D eigenvalue weighted by molar-refractivity contribution is 9.10. The zero-order valence-electron chi connectivity index (χ0n) is 10.7. The first-order chi connectivity index (χ1) is 9.72. The van der Waals surface area contributed by atoms with Gasteiger partial charge in [0.05, 0.1) is 10.2 Å². The maximum atomic E-state index is 4.52. The fourth-order valence-corrected chi connectivity index (χ4v) is 2.96. The maximum Gasteiger partial charge on any atom is 0.188 e. The monoisotopic (exact) mass is 346 g/mol. The molecule has 0 saturated carbocycles. The van der Waals surface area contributed by atoms with Crippen LogP contribution in [-0.4, -0.2) is 15.0 Å². The van der Waals surface area contributed by atoms with E-state index in [1.165, 1.54) is 11.3 Å². The normalized spacial score (nSPS) is 10.5. The highest BCUT2D eigenvalue weighted by atomic mass is 79.9. The second kappa shape index (κ2) is 5.68. The van der Waals surface area contributed by atoms with E-state index in [-0.39, 0.29) is 0 Å². The number of aromatic nitrogens is 3. The van der Waals surface area contributed by atoms with Gasteiger partial charge in [-0.1, -0.05) is 6.07 Å². The van der Waals surface area contributed by atoms with Crippen molar-refractivity contribution in [1.29, 1.82) is 0 Å². The molecular formula is C14H11BrN4S. The number of nitrogens with zero attached hydrogens (tertiary/aromatic N) is 3. The zero-order valence-corrected chi connectivity index (χ0v) is 13.1. The molecule has 3 aromatic heterocycles. The molecule has 0 radical (unpaired) electrons. The lowest BCUT2D eigenvalue weighted by molar-refractivity contribution is 1.23. The number of hydrogen-bond acceptors (Lipinski definition) is 5. The molecule has 0 atom stereocenters. The predicted octanol–water partition coefficient (Wildman–Crippen LogP) is 4.41. The molecule has 3 heterocycles. The third-order valence-corrected chi connectivity index (χ3v) is 4.00. The number of pyridine rings is 2. The molecule has 0 aliphatic carbocycles. The van der Waals surface area contributed by atoms with Crippen molar-refractivity contribution >= 4 is 38.2 Å². The van der Waals surface area contributed by atoms with Crippen molar-refractivity contribution in [1.82, 2.24) is 15.0 Å². The quantitative estimate of drug-likeness (QED) is 0.762. The lowest BCUT2D eigenvalue weighted by Crippen LogP contribution is -1.94. The Morgan fingerprint density at radius 3 is 2.85 bits per heavy atom. The summed E-state index contributed by atoms with van der Waals surface area (Å²) in [6.07, 6.45) is 3.58. The van der Waals surface area contributed by atoms with Gasteiger partial charge < -0.3 is 5.32 Å². The van der Waals surface area contributed by atoms with Crippen molar-refractivity contribution in [2.75, 3.05) is 5.32 Å². The molecule has 0 unspecified atom stereocenters. The number of thiazole rings is 1. The molecule has 3 aromatic rings. The summed E-state index contributed by atoms with van der Waals surface area (Å²) in [7, 11) is 0. The van der Waals surface area contributed by atoms with Crippen molar-refractivity contribution in [2.45, 2.75) is 6.92 Å². The fraction of sp³-hybridized carbons (Fsp3) is 0.0714. The average Bonchev–Trinajstić information content (AvgIpc) is 2.92. The fourth-order valence-electron chi connectivity index (χ4n) is 1.69. The van der Waals surface area contributed by atoms with Gasteiger partial charge in [-0.3, -0.25) is 4.98 Å². The van der Waals surface area contributed by atoms with E-state index >= 15 is 0 Å². The van der Waals surface area contributed by atoms with Gasteiger partial charge in [0.1, 0.15) is 11.5 Å². The van der Waals surface area contributed by atoms with Crippen LogP contribution in [0.2, 0.25) is 0 Å². The standard InChI is InChI=1S/C14H11BrN4S/c1-9-6-10(15)13(17-7-9)19-14-18-12(8-20-14)11-4-2-3-5-16-11/h2-8H,1H3,(H,17,18,19). The van der Waals surface area contributed by atoms with Crippen LogP contribution in [0.1, 0.15) is 5.56 Å². The Morgan fingerprint density at radius 1 is 1.20 bits per heavy atom. The first-order valence-corrected chi connectivity index (χ1v) is 7.66. The van der Waals surface area contributed by atoms with Crippen LogP contribution in [0, 0.1) is 6.92 Å². The second-order valence-electron chi connectivity index (χ2n) is 4.22. The van der Waals surface area contributed by atoms with Crippen LogP contribution in [0.3, 0.4) is 0 Å². The van der Waals surface area contributed by atoms with E-state index in [4.69, 9.17) is 0 Å². The molecule has 0 spiro atoms. The van der Waals surface area contributed by atoms with Gasteiger partial charge in [-0.25, -0.2) is 9.97 Å². The van der Waals surface area contributed by atoms with Gasteiger partial charge in [0, 0.05) is 17.8 Å². The molecule has 1 N–H and O–H groups in total. The summed E-state index contributed by atoms with van der Waals surface area (Å²) >= 11 is 5.02. The van der Waals surface area contributed by atoms with Gasteiger partial charge in [-0.2, -0.15) is 0 Å². The summed E-state index contributed by atoms with van der Waals surface area (Å²) in [6.45, 7) is 2.00. The number of aryl methyl sites for hydroxylation is 1. The van der Waals surface area contributed by atoms with Gasteiger partial charge in [-0.05, 0) is 46.6 Å². The molecule has 0 aliphatic heterocycles. The minimum absolute atomic E-state index is 0.762. The Bertz CT molecular complexity index is 727. The minimum Gasteiger partial charge on any atom is -0.315 e. The highest BCUT2D eigenvalue weighted by Gasteiger charge is 2.08. The summed E-state index contributed by atoms with van der Waals surface area (Å²) in [5, 5.41) is 5.98. The van der Waals surface area contributed by atoms with Crippen LogP contribution in [0.4, 0.5) is 10.9 Å². The number of hydrogen-bond donors (Lipinski definition) is 1. The Hall–Kier alpha value is -1.79. The zero-order chi connectivity index (χ0) is 13.9. The van der Waals surface area contributed by atoms with Gasteiger partial charge in [-0.15, -0.1) is 11.3 Å². The predicted molar refractivity (Wildman–Crippen MR) is 85.3 cm³/mol. The molecule has 3 rings (SSSR count). The summed E-state index contributed by atoms with van der Waals surface area (Å²) in [4.78, 5) is 13.2. The van der Waals surface area contributed by atoms with E-state index in [1.54, 1.807) is 6.20 Å². The van der Waals surface area contributed by atoms with Crippen LogP contribution < -0.4 is 5.32 Å². The van der Waals surface area contributed by atoms with Crippen LogP contribution in [-0.2, 0) is 0 Å². The number of nitrogens with one attached hydrogen (secondary N) is 1. The van der Waals surface area contributed by atoms with Crippen molar-refractivity contribution in [3.8, 4) is 11.4 Å². The van der Waals surface area contributed by atoms with E-state index in [2.05, 4.69) is 36.2 Å². The number of rotatable bonds is 3. The molecule has 4 nitrogen and oxygen atoms in total. The van der Waals surface area contributed by atoms with Gasteiger partial charge in [0.25, 0.3) is 0 Å². The van der Waals surface area contributed by atoms with Gasteiger partial charge >= 0.3 is 0 Å². The van der Waals surface area contributed by atoms with Crippen molar-refractivity contribution in [3.05, 3.63) is 52.1 Å². The lowest BCUT2D eigenvalue weighted by Gasteiger charge is -2.04. The van der Waals surface area contributed by atoms with Gasteiger partial charge in [0.15, 0.2) is 5.13 Å².